The van der Waals surface area contributed by atoms with E-state index in [4.69, 9.17) is 5.11 Å². The number of aryl methyl sites for hydroxylation is 2. The predicted molar refractivity (Wildman–Crippen MR) is 76.5 cm³/mol. The van der Waals surface area contributed by atoms with Gasteiger partial charge in [0.1, 0.15) is 0 Å². The molecule has 0 amide bonds. The summed E-state index contributed by atoms with van der Waals surface area (Å²) < 4.78 is 0. The lowest BCUT2D eigenvalue weighted by Gasteiger charge is -2.16. The Morgan fingerprint density at radius 3 is 2.95 bits per heavy atom. The molecule has 1 aliphatic heterocycles. The normalized spacial score (nSPS) is 19.8. The van der Waals surface area contributed by atoms with Gasteiger partial charge in [-0.2, -0.15) is 0 Å². The van der Waals surface area contributed by atoms with Crippen LogP contribution in [0, 0.1) is 19.8 Å². The van der Waals surface area contributed by atoms with Crippen LogP contribution in [0.5, 0.6) is 0 Å². The maximum atomic E-state index is 12.3. The molecule has 1 saturated heterocycles. The third-order valence-corrected chi connectivity index (χ3v) is 3.97. The van der Waals surface area contributed by atoms with Crippen molar-refractivity contribution in [3.63, 3.8) is 0 Å². The first-order valence-electron chi connectivity index (χ1n) is 7.04. The molecule has 0 spiro atoms. The van der Waals surface area contributed by atoms with Crippen LogP contribution in [0.1, 0.15) is 34.3 Å². The van der Waals surface area contributed by atoms with E-state index in [9.17, 15) is 4.79 Å². The predicted octanol–water partition coefficient (Wildman–Crippen LogP) is 2.19. The minimum Gasteiger partial charge on any atom is -0.396 e. The molecule has 1 unspecified atom stereocenters. The van der Waals surface area contributed by atoms with E-state index in [2.05, 4.69) is 4.90 Å². The van der Waals surface area contributed by atoms with E-state index < -0.39 is 0 Å². The molecular formula is C16H23NO2. The first-order chi connectivity index (χ1) is 9.10. The second kappa shape index (κ2) is 6.31. The molecule has 1 N–H and O–H groups in total. The monoisotopic (exact) mass is 261 g/mol. The number of ketones is 1. The molecular weight excluding hydrogens is 238 g/mol. The Kier molecular flexibility index (Phi) is 4.72. The second-order valence-electron chi connectivity index (χ2n) is 5.64. The fraction of sp³-hybridized carbons (Fsp3) is 0.562. The number of hydrogen-bond donors (Lipinski definition) is 1. The van der Waals surface area contributed by atoms with Gasteiger partial charge in [-0.1, -0.05) is 17.7 Å². The molecule has 1 heterocycles. The van der Waals surface area contributed by atoms with Crippen LogP contribution in [-0.2, 0) is 0 Å². The first-order valence-corrected chi connectivity index (χ1v) is 7.04. The number of nitrogens with zero attached hydrogens (tertiary/aromatic N) is 1. The summed E-state index contributed by atoms with van der Waals surface area (Å²) in [5.41, 5.74) is 3.04. The Balaban J connectivity index is 1.96. The number of carbonyl (C=O) groups excluding carboxylic acids is 1. The van der Waals surface area contributed by atoms with Crippen LogP contribution in [0.3, 0.4) is 0 Å². The van der Waals surface area contributed by atoms with Crippen molar-refractivity contribution in [3.8, 4) is 0 Å². The maximum absolute atomic E-state index is 12.3. The molecule has 0 bridgehead atoms. The topological polar surface area (TPSA) is 40.5 Å². The van der Waals surface area contributed by atoms with E-state index in [-0.39, 0.29) is 12.4 Å². The number of benzene rings is 1. The summed E-state index contributed by atoms with van der Waals surface area (Å²) in [7, 11) is 0. The SMILES string of the molecule is Cc1ccc(C)c(C(=O)CN2CCC(CCO)C2)c1. The van der Waals surface area contributed by atoms with Gasteiger partial charge < -0.3 is 5.11 Å². The molecule has 1 aromatic rings. The summed E-state index contributed by atoms with van der Waals surface area (Å²) in [4.78, 5) is 14.6. The maximum Gasteiger partial charge on any atom is 0.177 e. The van der Waals surface area contributed by atoms with Crippen molar-refractivity contribution in [1.82, 2.24) is 4.90 Å². The highest BCUT2D eigenvalue weighted by Gasteiger charge is 2.24. The zero-order valence-corrected chi connectivity index (χ0v) is 11.9. The minimum absolute atomic E-state index is 0.214. The fourth-order valence-electron chi connectivity index (χ4n) is 2.80. The van der Waals surface area contributed by atoms with E-state index in [0.717, 1.165) is 42.6 Å². The Bertz CT molecular complexity index is 456. The van der Waals surface area contributed by atoms with E-state index >= 15 is 0 Å². The molecule has 1 fully saturated rings. The average molecular weight is 261 g/mol. The van der Waals surface area contributed by atoms with E-state index in [1.54, 1.807) is 0 Å². The van der Waals surface area contributed by atoms with Crippen molar-refractivity contribution in [3.05, 3.63) is 34.9 Å². The molecule has 3 nitrogen and oxygen atoms in total. The van der Waals surface area contributed by atoms with Gasteiger partial charge in [-0.05, 0) is 50.8 Å². The number of rotatable bonds is 5. The van der Waals surface area contributed by atoms with Crippen LogP contribution in [0.2, 0.25) is 0 Å². The van der Waals surface area contributed by atoms with Crippen LogP contribution in [-0.4, -0.2) is 42.0 Å². The summed E-state index contributed by atoms with van der Waals surface area (Å²) in [6, 6.07) is 6.04. The second-order valence-corrected chi connectivity index (χ2v) is 5.64. The summed E-state index contributed by atoms with van der Waals surface area (Å²) in [5.74, 6) is 0.766. The number of likely N-dealkylation sites (tertiary alicyclic amines) is 1. The fourth-order valence-corrected chi connectivity index (χ4v) is 2.80. The van der Waals surface area contributed by atoms with Gasteiger partial charge in [0.15, 0.2) is 5.78 Å². The Labute approximate surface area is 115 Å². The third-order valence-electron chi connectivity index (χ3n) is 3.97. The Morgan fingerprint density at radius 1 is 1.42 bits per heavy atom. The van der Waals surface area contributed by atoms with E-state index in [1.807, 2.05) is 32.0 Å². The lowest BCUT2D eigenvalue weighted by molar-refractivity contribution is 0.0942. The zero-order valence-electron chi connectivity index (χ0n) is 11.9. The Morgan fingerprint density at radius 2 is 2.21 bits per heavy atom. The third kappa shape index (κ3) is 3.64. The van der Waals surface area contributed by atoms with Crippen molar-refractivity contribution in [1.29, 1.82) is 0 Å². The highest BCUT2D eigenvalue weighted by Crippen LogP contribution is 2.20. The largest absolute Gasteiger partial charge is 0.396 e. The average Bonchev–Trinajstić information content (AvgIpc) is 2.80. The number of aliphatic hydroxyl groups is 1. The number of hydrogen-bond acceptors (Lipinski definition) is 3. The summed E-state index contributed by atoms with van der Waals surface area (Å²) in [5, 5.41) is 8.95. The van der Waals surface area contributed by atoms with Crippen LogP contribution in [0.15, 0.2) is 18.2 Å². The van der Waals surface area contributed by atoms with Gasteiger partial charge in [-0.3, -0.25) is 9.69 Å². The van der Waals surface area contributed by atoms with Gasteiger partial charge in [0.2, 0.25) is 0 Å². The molecule has 19 heavy (non-hydrogen) atoms. The smallest absolute Gasteiger partial charge is 0.177 e. The number of Topliss-reactive ketones (excluding diaryl/α,β-unsaturated/α-hetero) is 1. The van der Waals surface area contributed by atoms with Crippen molar-refractivity contribution < 1.29 is 9.90 Å². The van der Waals surface area contributed by atoms with Gasteiger partial charge in [-0.15, -0.1) is 0 Å². The first kappa shape index (κ1) is 14.2. The number of carbonyl (C=O) groups is 1. The van der Waals surface area contributed by atoms with Crippen LogP contribution < -0.4 is 0 Å². The lowest BCUT2D eigenvalue weighted by atomic mass is 10.0. The van der Waals surface area contributed by atoms with Crippen LogP contribution in [0.25, 0.3) is 0 Å². The van der Waals surface area contributed by atoms with Crippen LogP contribution >= 0.6 is 0 Å². The molecule has 0 radical (unpaired) electrons. The quantitative estimate of drug-likeness (QED) is 0.826. The Hall–Kier alpha value is -1.19. The van der Waals surface area contributed by atoms with Gasteiger partial charge in [0, 0.05) is 18.7 Å². The van der Waals surface area contributed by atoms with Crippen molar-refractivity contribution >= 4 is 5.78 Å². The van der Waals surface area contributed by atoms with Crippen LogP contribution in [0.4, 0.5) is 0 Å². The van der Waals surface area contributed by atoms with Gasteiger partial charge in [0.25, 0.3) is 0 Å². The molecule has 3 heteroatoms. The standard InChI is InChI=1S/C16H23NO2/c1-12-3-4-13(2)15(9-12)16(19)11-17-7-5-14(10-17)6-8-18/h3-4,9,14,18H,5-8,10-11H2,1-2H3. The van der Waals surface area contributed by atoms with Crippen molar-refractivity contribution in [2.75, 3.05) is 26.2 Å². The molecule has 2 rings (SSSR count). The van der Waals surface area contributed by atoms with Gasteiger partial charge >= 0.3 is 0 Å². The van der Waals surface area contributed by atoms with E-state index in [0.29, 0.717) is 12.5 Å². The van der Waals surface area contributed by atoms with Crippen molar-refractivity contribution in [2.45, 2.75) is 26.7 Å². The summed E-state index contributed by atoms with van der Waals surface area (Å²) >= 11 is 0. The molecule has 0 aromatic heterocycles. The van der Waals surface area contributed by atoms with Crippen molar-refractivity contribution in [2.24, 2.45) is 5.92 Å². The molecule has 0 aliphatic carbocycles. The van der Waals surface area contributed by atoms with E-state index in [1.165, 1.54) is 0 Å². The van der Waals surface area contributed by atoms with Gasteiger partial charge in [-0.25, -0.2) is 0 Å². The molecule has 1 aromatic carbocycles. The lowest BCUT2D eigenvalue weighted by Crippen LogP contribution is -2.28. The molecule has 0 saturated carbocycles. The summed E-state index contributed by atoms with van der Waals surface area (Å²) in [6.45, 7) is 6.68. The minimum atomic E-state index is 0.214. The molecule has 1 atom stereocenters. The van der Waals surface area contributed by atoms with Gasteiger partial charge in [0.05, 0.1) is 6.54 Å². The highest BCUT2D eigenvalue weighted by atomic mass is 16.3. The molecule has 104 valence electrons. The zero-order chi connectivity index (χ0) is 13.8. The number of aliphatic hydroxyl groups excluding tert-OH is 1. The highest BCUT2D eigenvalue weighted by molar-refractivity contribution is 5.99. The summed E-state index contributed by atoms with van der Waals surface area (Å²) in [6.07, 6.45) is 1.95. The molecule has 1 aliphatic rings.